The second-order valence-electron chi connectivity index (χ2n) is 8.25. The fraction of sp³-hybridized carbons (Fsp3) is 0.524. The van der Waals surface area contributed by atoms with Gasteiger partial charge in [-0.25, -0.2) is 9.78 Å². The van der Waals surface area contributed by atoms with Crippen LogP contribution in [0.15, 0.2) is 23.6 Å². The number of benzene rings is 1. The van der Waals surface area contributed by atoms with Crippen LogP contribution >= 0.6 is 11.3 Å². The van der Waals surface area contributed by atoms with E-state index in [1.54, 1.807) is 11.3 Å². The van der Waals surface area contributed by atoms with E-state index in [0.29, 0.717) is 6.54 Å². The Morgan fingerprint density at radius 3 is 2.52 bits per heavy atom. The van der Waals surface area contributed by atoms with Gasteiger partial charge in [0, 0.05) is 42.7 Å². The number of nitrogens with zero attached hydrogens (tertiary/aromatic N) is 3. The van der Waals surface area contributed by atoms with Crippen LogP contribution in [0.5, 0.6) is 0 Å². The summed E-state index contributed by atoms with van der Waals surface area (Å²) in [5, 5.41) is 6.17. The van der Waals surface area contributed by atoms with E-state index in [-0.39, 0.29) is 11.4 Å². The number of hydrogen-bond acceptors (Lipinski definition) is 4. The second kappa shape index (κ2) is 7.89. The van der Waals surface area contributed by atoms with Gasteiger partial charge in [0.25, 0.3) is 0 Å². The molecule has 2 heterocycles. The summed E-state index contributed by atoms with van der Waals surface area (Å²) in [5.74, 6) is 0. The van der Waals surface area contributed by atoms with Crippen LogP contribution in [0.4, 0.5) is 10.5 Å². The number of thiazole rings is 1. The number of amides is 2. The molecule has 0 bridgehead atoms. The number of hydrogen-bond donors (Lipinski definition) is 1. The van der Waals surface area contributed by atoms with Crippen LogP contribution < -0.4 is 10.2 Å². The number of anilines is 1. The van der Waals surface area contributed by atoms with Gasteiger partial charge in [0.15, 0.2) is 0 Å². The number of carbonyl (C=O) groups is 1. The highest BCUT2D eigenvalue weighted by Crippen LogP contribution is 2.26. The summed E-state index contributed by atoms with van der Waals surface area (Å²) in [6.07, 6.45) is 0. The summed E-state index contributed by atoms with van der Waals surface area (Å²) in [6, 6.07) is 6.43. The zero-order chi connectivity index (χ0) is 19.6. The maximum atomic E-state index is 12.5. The monoisotopic (exact) mass is 386 g/mol. The molecule has 0 aliphatic carbocycles. The Bertz CT molecular complexity index is 801. The average Bonchev–Trinajstić information content (AvgIpc) is 3.12. The van der Waals surface area contributed by atoms with Crippen LogP contribution in [0.1, 0.15) is 42.6 Å². The number of nitrogens with one attached hydrogen (secondary N) is 1. The quantitative estimate of drug-likeness (QED) is 0.864. The molecule has 0 saturated carbocycles. The van der Waals surface area contributed by atoms with Crippen molar-refractivity contribution < 1.29 is 4.79 Å². The molecule has 1 aliphatic heterocycles. The van der Waals surface area contributed by atoms with Crippen LogP contribution in [0.3, 0.4) is 0 Å². The molecule has 0 atom stereocenters. The molecule has 0 unspecified atom stereocenters. The minimum Gasteiger partial charge on any atom is -0.368 e. The van der Waals surface area contributed by atoms with E-state index in [0.717, 1.165) is 36.9 Å². The van der Waals surface area contributed by atoms with Crippen molar-refractivity contribution in [2.24, 2.45) is 0 Å². The van der Waals surface area contributed by atoms with Gasteiger partial charge in [-0.15, -0.1) is 11.3 Å². The van der Waals surface area contributed by atoms with Crippen molar-refractivity contribution >= 4 is 23.1 Å². The number of urea groups is 1. The van der Waals surface area contributed by atoms with E-state index in [1.165, 1.54) is 16.8 Å². The maximum absolute atomic E-state index is 12.5. The molecular weight excluding hydrogens is 356 g/mol. The lowest BCUT2D eigenvalue weighted by Gasteiger charge is -2.37. The minimum atomic E-state index is 0.000854. The highest BCUT2D eigenvalue weighted by Gasteiger charge is 2.23. The third kappa shape index (κ3) is 4.61. The Kier molecular flexibility index (Phi) is 5.75. The molecule has 27 heavy (non-hydrogen) atoms. The minimum absolute atomic E-state index is 0.000854. The molecule has 2 aromatic rings. The van der Waals surface area contributed by atoms with Gasteiger partial charge in [-0.05, 0) is 31.0 Å². The van der Waals surface area contributed by atoms with Crippen molar-refractivity contribution in [2.45, 2.75) is 46.6 Å². The molecule has 1 aliphatic rings. The molecule has 2 amide bonds. The van der Waals surface area contributed by atoms with Gasteiger partial charge >= 0.3 is 6.03 Å². The molecule has 1 N–H and O–H groups in total. The van der Waals surface area contributed by atoms with Gasteiger partial charge in [0.05, 0.1) is 17.2 Å². The molecular formula is C21H30N4OS. The van der Waals surface area contributed by atoms with Crippen molar-refractivity contribution in [2.75, 3.05) is 31.1 Å². The van der Waals surface area contributed by atoms with Crippen molar-refractivity contribution in [1.82, 2.24) is 15.2 Å². The number of rotatable bonds is 3. The zero-order valence-corrected chi connectivity index (χ0v) is 17.8. The maximum Gasteiger partial charge on any atom is 0.317 e. The fourth-order valence-corrected chi connectivity index (χ4v) is 4.15. The number of aromatic nitrogens is 1. The Labute approximate surface area is 166 Å². The first-order chi connectivity index (χ1) is 12.8. The predicted octanol–water partition coefficient (Wildman–Crippen LogP) is 4.09. The number of carbonyl (C=O) groups excluding carboxylic acids is 1. The lowest BCUT2D eigenvalue weighted by molar-refractivity contribution is 0.194. The molecule has 0 spiro atoms. The normalized spacial score (nSPS) is 15.1. The van der Waals surface area contributed by atoms with Gasteiger partial charge in [0.1, 0.15) is 0 Å². The summed E-state index contributed by atoms with van der Waals surface area (Å²) in [5.41, 5.74) is 4.91. The van der Waals surface area contributed by atoms with Crippen LogP contribution in [-0.2, 0) is 12.0 Å². The van der Waals surface area contributed by atoms with Crippen molar-refractivity contribution in [3.8, 4) is 0 Å². The van der Waals surface area contributed by atoms with E-state index in [4.69, 9.17) is 0 Å². The van der Waals surface area contributed by atoms with Crippen LogP contribution in [0.25, 0.3) is 0 Å². The first-order valence-corrected chi connectivity index (χ1v) is 10.4. The lowest BCUT2D eigenvalue weighted by atomic mass is 9.98. The SMILES string of the molecule is Cc1cccc(N2CCN(C(=O)NCc3csc(C(C)(C)C)n3)CC2)c1C. The third-order valence-electron chi connectivity index (χ3n) is 5.10. The Hall–Kier alpha value is -2.08. The summed E-state index contributed by atoms with van der Waals surface area (Å²) in [7, 11) is 0. The first-order valence-electron chi connectivity index (χ1n) is 9.54. The van der Waals surface area contributed by atoms with Gasteiger partial charge in [-0.3, -0.25) is 0 Å². The van der Waals surface area contributed by atoms with E-state index >= 15 is 0 Å². The molecule has 1 aromatic carbocycles. The third-order valence-corrected chi connectivity index (χ3v) is 6.41. The summed E-state index contributed by atoms with van der Waals surface area (Å²) in [6.45, 7) is 14.5. The molecule has 1 aromatic heterocycles. The first kappa shape index (κ1) is 19.7. The van der Waals surface area contributed by atoms with Crippen molar-refractivity contribution in [3.05, 3.63) is 45.4 Å². The number of aryl methyl sites for hydroxylation is 1. The zero-order valence-electron chi connectivity index (χ0n) is 17.0. The summed E-state index contributed by atoms with van der Waals surface area (Å²) in [4.78, 5) is 21.4. The average molecular weight is 387 g/mol. The fourth-order valence-electron chi connectivity index (χ4n) is 3.24. The van der Waals surface area contributed by atoms with E-state index in [1.807, 2.05) is 10.3 Å². The Balaban J connectivity index is 1.51. The number of piperazine rings is 1. The molecule has 1 saturated heterocycles. The summed E-state index contributed by atoms with van der Waals surface area (Å²) >= 11 is 1.66. The smallest absolute Gasteiger partial charge is 0.317 e. The second-order valence-corrected chi connectivity index (χ2v) is 9.10. The van der Waals surface area contributed by atoms with Gasteiger partial charge in [-0.2, -0.15) is 0 Å². The van der Waals surface area contributed by atoms with E-state index in [2.05, 4.69) is 68.0 Å². The molecule has 3 rings (SSSR count). The van der Waals surface area contributed by atoms with E-state index < -0.39 is 0 Å². The summed E-state index contributed by atoms with van der Waals surface area (Å²) < 4.78 is 0. The van der Waals surface area contributed by atoms with Gasteiger partial charge < -0.3 is 15.1 Å². The lowest BCUT2D eigenvalue weighted by Crippen LogP contribution is -2.51. The standard InChI is InChI=1S/C21H30N4OS/c1-15-7-6-8-18(16(15)2)24-9-11-25(12-10-24)20(26)22-13-17-14-27-19(23-17)21(3,4)5/h6-8,14H,9-13H2,1-5H3,(H,22,26). The van der Waals surface area contributed by atoms with Crippen LogP contribution in [0.2, 0.25) is 0 Å². The van der Waals surface area contributed by atoms with Crippen molar-refractivity contribution in [3.63, 3.8) is 0 Å². The molecule has 1 fully saturated rings. The van der Waals surface area contributed by atoms with Crippen molar-refractivity contribution in [1.29, 1.82) is 0 Å². The van der Waals surface area contributed by atoms with Gasteiger partial charge in [0.2, 0.25) is 0 Å². The Morgan fingerprint density at radius 1 is 1.19 bits per heavy atom. The topological polar surface area (TPSA) is 48.5 Å². The highest BCUT2D eigenvalue weighted by molar-refractivity contribution is 7.09. The van der Waals surface area contributed by atoms with E-state index in [9.17, 15) is 4.79 Å². The molecule has 0 radical (unpaired) electrons. The largest absolute Gasteiger partial charge is 0.368 e. The molecule has 5 nitrogen and oxygen atoms in total. The predicted molar refractivity (Wildman–Crippen MR) is 113 cm³/mol. The highest BCUT2D eigenvalue weighted by atomic mass is 32.1. The Morgan fingerprint density at radius 2 is 1.89 bits per heavy atom. The molecule has 6 heteroatoms. The van der Waals surface area contributed by atoms with Crippen LogP contribution in [0, 0.1) is 13.8 Å². The van der Waals surface area contributed by atoms with Crippen LogP contribution in [-0.4, -0.2) is 42.1 Å². The van der Waals surface area contributed by atoms with Gasteiger partial charge in [-0.1, -0.05) is 32.9 Å². The molecule has 146 valence electrons.